The van der Waals surface area contributed by atoms with E-state index in [1.54, 1.807) is 5.56 Å². The zero-order valence-corrected chi connectivity index (χ0v) is 12.1. The highest BCUT2D eigenvalue weighted by Crippen LogP contribution is 2.34. The largest absolute Gasteiger partial charge is 0.311 e. The Labute approximate surface area is 112 Å². The van der Waals surface area contributed by atoms with Gasteiger partial charge in [-0.2, -0.15) is 0 Å². The molecule has 0 aromatic heterocycles. The van der Waals surface area contributed by atoms with Crippen molar-refractivity contribution in [2.45, 2.75) is 57.9 Å². The lowest BCUT2D eigenvalue weighted by Crippen LogP contribution is -2.37. The minimum atomic E-state index is 0.152. The second kappa shape index (κ2) is 5.88. The lowest BCUT2D eigenvalue weighted by atomic mass is 9.84. The maximum absolute atomic E-state index is 3.56. The summed E-state index contributed by atoms with van der Waals surface area (Å²) in [6.07, 6.45) is 7.90. The van der Waals surface area contributed by atoms with E-state index >= 15 is 0 Å². The average molecular weight is 245 g/mol. The van der Waals surface area contributed by atoms with Crippen molar-refractivity contribution in [3.8, 4) is 0 Å². The maximum atomic E-state index is 3.56. The van der Waals surface area contributed by atoms with E-state index in [9.17, 15) is 0 Å². The highest BCUT2D eigenvalue weighted by Gasteiger charge is 2.28. The molecular formula is C17H27N. The van der Waals surface area contributed by atoms with Crippen LogP contribution in [0.3, 0.4) is 0 Å². The van der Waals surface area contributed by atoms with Crippen molar-refractivity contribution in [3.05, 3.63) is 35.4 Å². The van der Waals surface area contributed by atoms with Crippen LogP contribution in [0.4, 0.5) is 0 Å². The van der Waals surface area contributed by atoms with Gasteiger partial charge in [-0.1, -0.05) is 50.5 Å². The fourth-order valence-corrected chi connectivity index (χ4v) is 3.33. The van der Waals surface area contributed by atoms with Gasteiger partial charge in [0.05, 0.1) is 0 Å². The summed E-state index contributed by atoms with van der Waals surface area (Å²) in [7, 11) is 2.10. The molecule has 2 atom stereocenters. The number of aryl methyl sites for hydroxylation is 1. The molecule has 1 aliphatic carbocycles. The summed E-state index contributed by atoms with van der Waals surface area (Å²) < 4.78 is 0. The SMILES string of the molecule is CCC1CCCC(C)(NC)c2ccccc2CC1. The smallest absolute Gasteiger partial charge is 0.0406 e. The molecule has 0 radical (unpaired) electrons. The third-order valence-corrected chi connectivity index (χ3v) is 4.85. The Morgan fingerprint density at radius 1 is 1.28 bits per heavy atom. The standard InChI is InChI=1S/C17H27N/c1-4-14-8-7-13-17(2,18-3)16-10-6-5-9-15(16)12-11-14/h5-6,9-10,14,18H,4,7-8,11-13H2,1-3H3. The summed E-state index contributed by atoms with van der Waals surface area (Å²) >= 11 is 0. The predicted octanol–water partition coefficient (Wildman–Crippen LogP) is 4.26. The van der Waals surface area contributed by atoms with Crippen LogP contribution in [0.25, 0.3) is 0 Å². The number of hydrogen-bond donors (Lipinski definition) is 1. The van der Waals surface area contributed by atoms with Crippen molar-refractivity contribution in [3.63, 3.8) is 0 Å². The Morgan fingerprint density at radius 2 is 2.06 bits per heavy atom. The maximum Gasteiger partial charge on any atom is 0.0406 e. The van der Waals surface area contributed by atoms with Crippen molar-refractivity contribution in [2.75, 3.05) is 7.05 Å². The van der Waals surface area contributed by atoms with Crippen LogP contribution in [0.2, 0.25) is 0 Å². The molecule has 1 nitrogen and oxygen atoms in total. The molecule has 2 rings (SSSR count). The summed E-state index contributed by atoms with van der Waals surface area (Å²) in [5.41, 5.74) is 3.22. The van der Waals surface area contributed by atoms with Gasteiger partial charge in [-0.05, 0) is 50.3 Å². The van der Waals surface area contributed by atoms with Gasteiger partial charge in [0.25, 0.3) is 0 Å². The highest BCUT2D eigenvalue weighted by atomic mass is 14.9. The molecule has 0 fully saturated rings. The summed E-state index contributed by atoms with van der Waals surface area (Å²) in [5, 5.41) is 3.56. The summed E-state index contributed by atoms with van der Waals surface area (Å²) in [6, 6.07) is 9.01. The van der Waals surface area contributed by atoms with E-state index in [4.69, 9.17) is 0 Å². The lowest BCUT2D eigenvalue weighted by molar-refractivity contribution is 0.336. The Balaban J connectivity index is 2.33. The van der Waals surface area contributed by atoms with Crippen molar-refractivity contribution >= 4 is 0 Å². The van der Waals surface area contributed by atoms with Crippen LogP contribution in [-0.4, -0.2) is 7.05 Å². The Kier molecular flexibility index (Phi) is 4.45. The topological polar surface area (TPSA) is 12.0 Å². The van der Waals surface area contributed by atoms with E-state index in [-0.39, 0.29) is 5.54 Å². The van der Waals surface area contributed by atoms with E-state index in [0.717, 1.165) is 5.92 Å². The first-order valence-electron chi connectivity index (χ1n) is 7.47. The summed E-state index contributed by atoms with van der Waals surface area (Å²) in [5.74, 6) is 0.914. The fourth-order valence-electron chi connectivity index (χ4n) is 3.33. The molecule has 18 heavy (non-hydrogen) atoms. The molecule has 0 saturated heterocycles. The molecule has 100 valence electrons. The van der Waals surface area contributed by atoms with Crippen LogP contribution < -0.4 is 5.32 Å². The van der Waals surface area contributed by atoms with Crippen molar-refractivity contribution in [1.82, 2.24) is 5.32 Å². The predicted molar refractivity (Wildman–Crippen MR) is 78.8 cm³/mol. The van der Waals surface area contributed by atoms with E-state index < -0.39 is 0 Å². The van der Waals surface area contributed by atoms with Crippen molar-refractivity contribution in [2.24, 2.45) is 5.92 Å². The van der Waals surface area contributed by atoms with Gasteiger partial charge >= 0.3 is 0 Å². The lowest BCUT2D eigenvalue weighted by Gasteiger charge is -2.31. The molecule has 1 heteroatoms. The molecule has 0 aliphatic heterocycles. The minimum Gasteiger partial charge on any atom is -0.311 e. The van der Waals surface area contributed by atoms with Gasteiger partial charge in [0, 0.05) is 5.54 Å². The first kappa shape index (κ1) is 13.6. The van der Waals surface area contributed by atoms with Gasteiger partial charge in [0.15, 0.2) is 0 Å². The van der Waals surface area contributed by atoms with Crippen LogP contribution in [0.1, 0.15) is 57.1 Å². The highest BCUT2D eigenvalue weighted by molar-refractivity contribution is 5.33. The molecule has 2 unspecified atom stereocenters. The number of fused-ring (bicyclic) bond motifs is 1. The fraction of sp³-hybridized carbons (Fsp3) is 0.647. The molecule has 1 N–H and O–H groups in total. The molecule has 1 aromatic rings. The zero-order valence-electron chi connectivity index (χ0n) is 12.1. The minimum absolute atomic E-state index is 0.152. The third-order valence-electron chi connectivity index (χ3n) is 4.85. The Morgan fingerprint density at radius 3 is 2.78 bits per heavy atom. The summed E-state index contributed by atoms with van der Waals surface area (Å²) in [6.45, 7) is 4.70. The Hall–Kier alpha value is -0.820. The average Bonchev–Trinajstić information content (AvgIpc) is 2.48. The molecule has 0 saturated carbocycles. The van der Waals surface area contributed by atoms with Gasteiger partial charge in [-0.25, -0.2) is 0 Å². The van der Waals surface area contributed by atoms with Crippen LogP contribution in [0.5, 0.6) is 0 Å². The van der Waals surface area contributed by atoms with E-state index in [1.807, 2.05) is 0 Å². The second-order valence-electron chi connectivity index (χ2n) is 5.94. The number of rotatable bonds is 2. The first-order chi connectivity index (χ1) is 8.69. The Bertz CT molecular complexity index is 385. The van der Waals surface area contributed by atoms with E-state index in [1.165, 1.54) is 44.1 Å². The number of benzene rings is 1. The van der Waals surface area contributed by atoms with E-state index in [0.29, 0.717) is 0 Å². The zero-order chi connectivity index (χ0) is 13.0. The number of nitrogens with one attached hydrogen (secondary N) is 1. The normalized spacial score (nSPS) is 28.9. The van der Waals surface area contributed by atoms with Gasteiger partial charge in [0.1, 0.15) is 0 Å². The summed E-state index contributed by atoms with van der Waals surface area (Å²) in [4.78, 5) is 0. The monoisotopic (exact) mass is 245 g/mol. The molecule has 0 amide bonds. The van der Waals surface area contributed by atoms with Gasteiger partial charge < -0.3 is 5.32 Å². The van der Waals surface area contributed by atoms with Crippen LogP contribution in [0, 0.1) is 5.92 Å². The van der Waals surface area contributed by atoms with Crippen LogP contribution in [0.15, 0.2) is 24.3 Å². The van der Waals surface area contributed by atoms with Crippen LogP contribution in [-0.2, 0) is 12.0 Å². The quantitative estimate of drug-likeness (QED) is 0.820. The third kappa shape index (κ3) is 2.77. The first-order valence-corrected chi connectivity index (χ1v) is 7.47. The van der Waals surface area contributed by atoms with Gasteiger partial charge in [-0.15, -0.1) is 0 Å². The molecule has 0 spiro atoms. The number of hydrogen-bond acceptors (Lipinski definition) is 1. The molecule has 1 aromatic carbocycles. The van der Waals surface area contributed by atoms with Crippen molar-refractivity contribution < 1.29 is 0 Å². The van der Waals surface area contributed by atoms with E-state index in [2.05, 4.69) is 50.5 Å². The van der Waals surface area contributed by atoms with Crippen LogP contribution >= 0.6 is 0 Å². The van der Waals surface area contributed by atoms with Gasteiger partial charge in [0.2, 0.25) is 0 Å². The second-order valence-corrected chi connectivity index (χ2v) is 5.94. The molecular weight excluding hydrogens is 218 g/mol. The molecule has 0 heterocycles. The molecule has 0 bridgehead atoms. The molecule has 1 aliphatic rings. The van der Waals surface area contributed by atoms with Gasteiger partial charge in [-0.3, -0.25) is 0 Å². The van der Waals surface area contributed by atoms with Crippen molar-refractivity contribution in [1.29, 1.82) is 0 Å².